The molecule has 2 rings (SSSR count). The number of halogens is 2. The van der Waals surface area contributed by atoms with E-state index in [1.807, 2.05) is 0 Å². The molecule has 0 atom stereocenters. The number of nitrogens with one attached hydrogen (secondary N) is 1. The maximum Gasteiger partial charge on any atom is 0.387 e. The maximum absolute atomic E-state index is 12.3. The first-order valence-electron chi connectivity index (χ1n) is 6.34. The number of hydrogen-bond acceptors (Lipinski definition) is 5. The summed E-state index contributed by atoms with van der Waals surface area (Å²) in [7, 11) is 1.45. The second kappa shape index (κ2) is 6.38. The number of ether oxygens (including phenoxy) is 1. The Morgan fingerprint density at radius 3 is 2.70 bits per heavy atom. The van der Waals surface area contributed by atoms with Crippen molar-refractivity contribution < 1.29 is 23.2 Å². The van der Waals surface area contributed by atoms with Crippen LogP contribution >= 0.6 is 0 Å². The SMILES string of the molecule is Cc1c([N+](=O)[O-])c(C(=O)Nc2ccccc2OC(F)F)nn1C. The fourth-order valence-electron chi connectivity index (χ4n) is 1.92. The number of rotatable bonds is 5. The van der Waals surface area contributed by atoms with Crippen LogP contribution in [0.15, 0.2) is 24.3 Å². The lowest BCUT2D eigenvalue weighted by Gasteiger charge is -2.10. The Kier molecular flexibility index (Phi) is 4.53. The lowest BCUT2D eigenvalue weighted by atomic mass is 10.2. The number of amides is 1. The van der Waals surface area contributed by atoms with Crippen molar-refractivity contribution >= 4 is 17.3 Å². The Labute approximate surface area is 128 Å². The van der Waals surface area contributed by atoms with Crippen molar-refractivity contribution in [2.45, 2.75) is 13.5 Å². The van der Waals surface area contributed by atoms with Gasteiger partial charge in [0.25, 0.3) is 5.91 Å². The molecule has 1 amide bonds. The molecule has 0 aliphatic carbocycles. The molecule has 8 nitrogen and oxygen atoms in total. The first-order chi connectivity index (χ1) is 10.8. The molecule has 1 aromatic heterocycles. The van der Waals surface area contributed by atoms with Gasteiger partial charge in [0.05, 0.1) is 10.6 Å². The van der Waals surface area contributed by atoms with Crippen LogP contribution < -0.4 is 10.1 Å². The number of carbonyl (C=O) groups is 1. The van der Waals surface area contributed by atoms with Crippen molar-refractivity contribution in [1.82, 2.24) is 9.78 Å². The molecule has 23 heavy (non-hydrogen) atoms. The van der Waals surface area contributed by atoms with Crippen LogP contribution in [0.25, 0.3) is 0 Å². The number of hydrogen-bond donors (Lipinski definition) is 1. The minimum atomic E-state index is -3.07. The molecule has 1 heterocycles. The molecule has 0 aliphatic rings. The third-order valence-corrected chi connectivity index (χ3v) is 3.05. The molecule has 0 saturated heterocycles. The Hall–Kier alpha value is -3.04. The second-order valence-corrected chi connectivity index (χ2v) is 4.49. The molecule has 2 aromatic rings. The number of anilines is 1. The number of aromatic nitrogens is 2. The van der Waals surface area contributed by atoms with Gasteiger partial charge in [0.1, 0.15) is 11.4 Å². The quantitative estimate of drug-likeness (QED) is 0.672. The minimum Gasteiger partial charge on any atom is -0.433 e. The first kappa shape index (κ1) is 16.3. The van der Waals surface area contributed by atoms with Crippen LogP contribution in [-0.2, 0) is 7.05 Å². The van der Waals surface area contributed by atoms with E-state index in [0.29, 0.717) is 0 Å². The zero-order chi connectivity index (χ0) is 17.1. The van der Waals surface area contributed by atoms with E-state index >= 15 is 0 Å². The highest BCUT2D eigenvalue weighted by Gasteiger charge is 2.29. The lowest BCUT2D eigenvalue weighted by molar-refractivity contribution is -0.385. The molecule has 0 unspecified atom stereocenters. The van der Waals surface area contributed by atoms with Crippen LogP contribution in [0.2, 0.25) is 0 Å². The van der Waals surface area contributed by atoms with Gasteiger partial charge in [-0.25, -0.2) is 0 Å². The average Bonchev–Trinajstić information content (AvgIpc) is 2.76. The smallest absolute Gasteiger partial charge is 0.387 e. The Morgan fingerprint density at radius 2 is 2.09 bits per heavy atom. The van der Waals surface area contributed by atoms with Gasteiger partial charge in [-0.2, -0.15) is 13.9 Å². The van der Waals surface area contributed by atoms with Crippen LogP contribution in [0, 0.1) is 17.0 Å². The van der Waals surface area contributed by atoms with Crippen LogP contribution in [0.1, 0.15) is 16.2 Å². The number of nitro groups is 1. The van der Waals surface area contributed by atoms with E-state index in [-0.39, 0.29) is 17.1 Å². The van der Waals surface area contributed by atoms with E-state index in [4.69, 9.17) is 0 Å². The molecule has 0 spiro atoms. The summed E-state index contributed by atoms with van der Waals surface area (Å²) in [6.45, 7) is -1.63. The highest BCUT2D eigenvalue weighted by molar-refractivity contribution is 6.06. The summed E-state index contributed by atoms with van der Waals surface area (Å²) >= 11 is 0. The molecular weight excluding hydrogens is 314 g/mol. The van der Waals surface area contributed by atoms with Crippen molar-refractivity contribution in [3.63, 3.8) is 0 Å². The summed E-state index contributed by atoms with van der Waals surface area (Å²) < 4.78 is 30.2. The van der Waals surface area contributed by atoms with Gasteiger partial charge in [-0.05, 0) is 19.1 Å². The molecule has 0 fully saturated rings. The lowest BCUT2D eigenvalue weighted by Crippen LogP contribution is -2.16. The molecular formula is C13H12F2N4O4. The molecule has 1 aromatic carbocycles. The van der Waals surface area contributed by atoms with E-state index < -0.39 is 28.8 Å². The molecule has 0 aliphatic heterocycles. The second-order valence-electron chi connectivity index (χ2n) is 4.49. The van der Waals surface area contributed by atoms with E-state index in [1.165, 1.54) is 42.9 Å². The summed E-state index contributed by atoms with van der Waals surface area (Å²) in [4.78, 5) is 22.6. The Morgan fingerprint density at radius 1 is 1.43 bits per heavy atom. The van der Waals surface area contributed by atoms with Crippen molar-refractivity contribution in [1.29, 1.82) is 0 Å². The van der Waals surface area contributed by atoms with Crippen LogP contribution in [0.3, 0.4) is 0 Å². The van der Waals surface area contributed by atoms with Crippen LogP contribution in [0.4, 0.5) is 20.2 Å². The van der Waals surface area contributed by atoms with Crippen molar-refractivity contribution in [2.75, 3.05) is 5.32 Å². The summed E-state index contributed by atoms with van der Waals surface area (Å²) in [5, 5.41) is 17.2. The fraction of sp³-hybridized carbons (Fsp3) is 0.231. The number of alkyl halides is 2. The van der Waals surface area contributed by atoms with Gasteiger partial charge in [0.2, 0.25) is 5.69 Å². The highest BCUT2D eigenvalue weighted by atomic mass is 19.3. The van der Waals surface area contributed by atoms with Gasteiger partial charge in [-0.1, -0.05) is 12.1 Å². The summed E-state index contributed by atoms with van der Waals surface area (Å²) in [5.74, 6) is -1.16. The van der Waals surface area contributed by atoms with Crippen molar-refractivity contribution in [3.05, 3.63) is 45.8 Å². The fourth-order valence-corrected chi connectivity index (χ4v) is 1.92. The third-order valence-electron chi connectivity index (χ3n) is 3.05. The first-order valence-corrected chi connectivity index (χ1v) is 6.34. The van der Waals surface area contributed by atoms with Crippen LogP contribution in [-0.4, -0.2) is 27.2 Å². The minimum absolute atomic E-state index is 0.0459. The largest absolute Gasteiger partial charge is 0.433 e. The van der Waals surface area contributed by atoms with E-state index in [1.54, 1.807) is 0 Å². The van der Waals surface area contributed by atoms with Gasteiger partial charge in [0, 0.05) is 7.05 Å². The third kappa shape index (κ3) is 3.42. The van der Waals surface area contributed by atoms with Gasteiger partial charge >= 0.3 is 12.3 Å². The van der Waals surface area contributed by atoms with Crippen LogP contribution in [0.5, 0.6) is 5.75 Å². The topological polar surface area (TPSA) is 99.3 Å². The standard InChI is InChI=1S/C13H12F2N4O4/c1-7-11(19(21)22)10(17-18(7)2)12(20)16-8-5-3-4-6-9(8)23-13(14)15/h3-6,13H,1-2H3,(H,16,20). The predicted octanol–water partition coefficient (Wildman–Crippen LogP) is 2.49. The zero-order valence-corrected chi connectivity index (χ0v) is 12.1. The van der Waals surface area contributed by atoms with E-state index in [9.17, 15) is 23.7 Å². The predicted molar refractivity (Wildman–Crippen MR) is 75.6 cm³/mol. The monoisotopic (exact) mass is 326 g/mol. The summed E-state index contributed by atoms with van der Waals surface area (Å²) in [5.41, 5.74) is -0.716. The van der Waals surface area contributed by atoms with E-state index in [0.717, 1.165) is 0 Å². The Balaban J connectivity index is 2.34. The number of carbonyl (C=O) groups excluding carboxylic acids is 1. The number of benzene rings is 1. The number of aryl methyl sites for hydroxylation is 1. The van der Waals surface area contributed by atoms with Crippen molar-refractivity contribution in [2.24, 2.45) is 7.05 Å². The summed E-state index contributed by atoms with van der Waals surface area (Å²) in [6, 6.07) is 5.50. The number of para-hydroxylation sites is 2. The van der Waals surface area contributed by atoms with Gasteiger partial charge in [-0.3, -0.25) is 19.6 Å². The molecule has 0 saturated carbocycles. The Bertz CT molecular complexity index is 760. The van der Waals surface area contributed by atoms with Gasteiger partial charge < -0.3 is 10.1 Å². The average molecular weight is 326 g/mol. The van der Waals surface area contributed by atoms with E-state index in [2.05, 4.69) is 15.2 Å². The van der Waals surface area contributed by atoms with Gasteiger partial charge in [0.15, 0.2) is 0 Å². The molecule has 0 radical (unpaired) electrons. The molecule has 122 valence electrons. The highest BCUT2D eigenvalue weighted by Crippen LogP contribution is 2.28. The summed E-state index contributed by atoms with van der Waals surface area (Å²) in [6.07, 6.45) is 0. The van der Waals surface area contributed by atoms with Gasteiger partial charge in [-0.15, -0.1) is 0 Å². The molecule has 0 bridgehead atoms. The number of nitrogens with zero attached hydrogens (tertiary/aromatic N) is 3. The molecule has 1 N–H and O–H groups in total. The molecule has 10 heteroatoms. The normalized spacial score (nSPS) is 10.7. The van der Waals surface area contributed by atoms with Crippen molar-refractivity contribution in [3.8, 4) is 5.75 Å². The zero-order valence-electron chi connectivity index (χ0n) is 12.1. The maximum atomic E-state index is 12.3.